The van der Waals surface area contributed by atoms with Crippen LogP contribution < -0.4 is 10.1 Å². The quantitative estimate of drug-likeness (QED) is 0.738. The van der Waals surface area contributed by atoms with Gasteiger partial charge in [-0.05, 0) is 55.0 Å². The number of nitrogens with zero attached hydrogens (tertiary/aromatic N) is 4. The molecule has 2 heterocycles. The van der Waals surface area contributed by atoms with Gasteiger partial charge in [-0.3, -0.25) is 4.79 Å². The number of hydrogen-bond donors (Lipinski definition) is 1. The Morgan fingerprint density at radius 1 is 1.31 bits per heavy atom. The Kier molecular flexibility index (Phi) is 5.25. The van der Waals surface area contributed by atoms with Gasteiger partial charge in [0.25, 0.3) is 5.91 Å². The lowest BCUT2D eigenvalue weighted by Gasteiger charge is -2.15. The Hall–Kier alpha value is -3.66. The van der Waals surface area contributed by atoms with E-state index in [1.54, 1.807) is 54.5 Å². The third-order valence-electron chi connectivity index (χ3n) is 3.68. The van der Waals surface area contributed by atoms with Crippen molar-refractivity contribution in [3.05, 3.63) is 72.2 Å². The predicted octanol–water partition coefficient (Wildman–Crippen LogP) is 2.22. The predicted molar refractivity (Wildman–Crippen MR) is 94.5 cm³/mol. The number of hydrogen-bond acceptors (Lipinski definition) is 5. The van der Waals surface area contributed by atoms with Crippen molar-refractivity contribution >= 4 is 5.91 Å². The summed E-state index contributed by atoms with van der Waals surface area (Å²) in [6, 6.07) is 14.2. The molecule has 1 atom stereocenters. The van der Waals surface area contributed by atoms with Crippen molar-refractivity contribution in [1.29, 1.82) is 5.26 Å². The third-order valence-corrected chi connectivity index (χ3v) is 3.68. The van der Waals surface area contributed by atoms with Gasteiger partial charge in [0.2, 0.25) is 0 Å². The molecule has 0 aliphatic heterocycles. The number of nitriles is 1. The van der Waals surface area contributed by atoms with E-state index in [9.17, 15) is 4.79 Å². The Labute approximate surface area is 150 Å². The van der Waals surface area contributed by atoms with Crippen LogP contribution in [0.5, 0.6) is 5.75 Å². The van der Waals surface area contributed by atoms with Crippen LogP contribution in [0.4, 0.5) is 0 Å². The monoisotopic (exact) mass is 347 g/mol. The van der Waals surface area contributed by atoms with Crippen molar-refractivity contribution in [2.45, 2.75) is 19.6 Å². The van der Waals surface area contributed by atoms with Gasteiger partial charge in [0.1, 0.15) is 5.75 Å². The van der Waals surface area contributed by atoms with Crippen LogP contribution >= 0.6 is 0 Å². The molecule has 0 radical (unpaired) electrons. The SMILES string of the molecule is C[C@@H](Oc1ccc(C#N)cc1)C(=O)NCc1ccnc(-n2cccn2)c1. The molecule has 0 bridgehead atoms. The summed E-state index contributed by atoms with van der Waals surface area (Å²) < 4.78 is 7.25. The topological polar surface area (TPSA) is 92.8 Å². The highest BCUT2D eigenvalue weighted by molar-refractivity contribution is 5.80. The van der Waals surface area contributed by atoms with Gasteiger partial charge in [0.15, 0.2) is 11.9 Å². The molecular weight excluding hydrogens is 330 g/mol. The molecule has 0 aliphatic rings. The van der Waals surface area contributed by atoms with Crippen LogP contribution in [0.25, 0.3) is 5.82 Å². The molecule has 0 spiro atoms. The van der Waals surface area contributed by atoms with Crippen LogP contribution in [0.3, 0.4) is 0 Å². The van der Waals surface area contributed by atoms with Crippen molar-refractivity contribution in [1.82, 2.24) is 20.1 Å². The average Bonchev–Trinajstić information content (AvgIpc) is 3.22. The highest BCUT2D eigenvalue weighted by Gasteiger charge is 2.14. The van der Waals surface area contributed by atoms with Gasteiger partial charge in [0, 0.05) is 25.1 Å². The number of nitrogens with one attached hydrogen (secondary N) is 1. The number of carbonyl (C=O) groups excluding carboxylic acids is 1. The first-order valence-electron chi connectivity index (χ1n) is 8.05. The normalized spacial score (nSPS) is 11.4. The van der Waals surface area contributed by atoms with Crippen LogP contribution in [0.2, 0.25) is 0 Å². The highest BCUT2D eigenvalue weighted by Crippen LogP contribution is 2.13. The number of ether oxygens (including phenoxy) is 1. The summed E-state index contributed by atoms with van der Waals surface area (Å²) in [5.41, 5.74) is 1.45. The van der Waals surface area contributed by atoms with Gasteiger partial charge >= 0.3 is 0 Å². The molecule has 0 aliphatic carbocycles. The van der Waals surface area contributed by atoms with E-state index in [-0.39, 0.29) is 5.91 Å². The Balaban J connectivity index is 1.56. The number of carbonyl (C=O) groups is 1. The molecule has 0 saturated heterocycles. The van der Waals surface area contributed by atoms with Gasteiger partial charge in [-0.1, -0.05) is 0 Å². The molecule has 130 valence electrons. The van der Waals surface area contributed by atoms with E-state index in [1.165, 1.54) is 0 Å². The smallest absolute Gasteiger partial charge is 0.261 e. The average molecular weight is 347 g/mol. The molecule has 1 aromatic carbocycles. The van der Waals surface area contributed by atoms with Crippen molar-refractivity contribution in [3.8, 4) is 17.6 Å². The second-order valence-corrected chi connectivity index (χ2v) is 5.59. The van der Waals surface area contributed by atoms with Gasteiger partial charge in [-0.15, -0.1) is 0 Å². The Morgan fingerprint density at radius 2 is 2.12 bits per heavy atom. The van der Waals surface area contributed by atoms with E-state index in [4.69, 9.17) is 10.00 Å². The van der Waals surface area contributed by atoms with Gasteiger partial charge in [-0.25, -0.2) is 9.67 Å². The lowest BCUT2D eigenvalue weighted by molar-refractivity contribution is -0.127. The standard InChI is InChI=1S/C19H17N5O2/c1-14(26-17-5-3-15(12-20)4-6-17)19(25)22-13-16-7-9-21-18(11-16)24-10-2-8-23-24/h2-11,14H,13H2,1H3,(H,22,25)/t14-/m1/s1. The summed E-state index contributed by atoms with van der Waals surface area (Å²) in [6.45, 7) is 2.03. The Bertz CT molecular complexity index is 914. The summed E-state index contributed by atoms with van der Waals surface area (Å²) in [4.78, 5) is 16.5. The molecule has 1 N–H and O–H groups in total. The lowest BCUT2D eigenvalue weighted by Crippen LogP contribution is -2.35. The molecule has 3 rings (SSSR count). The van der Waals surface area contributed by atoms with Crippen molar-refractivity contribution in [3.63, 3.8) is 0 Å². The van der Waals surface area contributed by atoms with E-state index in [0.717, 1.165) is 5.56 Å². The minimum atomic E-state index is -0.657. The number of amides is 1. The highest BCUT2D eigenvalue weighted by atomic mass is 16.5. The summed E-state index contributed by atoms with van der Waals surface area (Å²) >= 11 is 0. The number of rotatable bonds is 6. The minimum Gasteiger partial charge on any atom is -0.481 e. The zero-order valence-electron chi connectivity index (χ0n) is 14.2. The summed E-state index contributed by atoms with van der Waals surface area (Å²) in [6.07, 6.45) is 4.50. The van der Waals surface area contributed by atoms with Gasteiger partial charge in [0.05, 0.1) is 11.6 Å². The third kappa shape index (κ3) is 4.24. The van der Waals surface area contributed by atoms with E-state index in [2.05, 4.69) is 15.4 Å². The summed E-state index contributed by atoms with van der Waals surface area (Å²) in [5, 5.41) is 15.8. The summed E-state index contributed by atoms with van der Waals surface area (Å²) in [7, 11) is 0. The first-order valence-corrected chi connectivity index (χ1v) is 8.05. The second-order valence-electron chi connectivity index (χ2n) is 5.59. The molecule has 7 heteroatoms. The molecule has 2 aromatic heterocycles. The molecular formula is C19H17N5O2. The van der Waals surface area contributed by atoms with Crippen molar-refractivity contribution in [2.75, 3.05) is 0 Å². The lowest BCUT2D eigenvalue weighted by atomic mass is 10.2. The van der Waals surface area contributed by atoms with Gasteiger partial charge in [-0.2, -0.15) is 10.4 Å². The van der Waals surface area contributed by atoms with Crippen LogP contribution in [0.15, 0.2) is 61.1 Å². The van der Waals surface area contributed by atoms with E-state index < -0.39 is 6.10 Å². The maximum Gasteiger partial charge on any atom is 0.261 e. The molecule has 26 heavy (non-hydrogen) atoms. The second kappa shape index (κ2) is 7.94. The largest absolute Gasteiger partial charge is 0.481 e. The number of benzene rings is 1. The number of pyridine rings is 1. The zero-order valence-corrected chi connectivity index (χ0v) is 14.2. The van der Waals surface area contributed by atoms with Crippen LogP contribution in [0, 0.1) is 11.3 Å². The zero-order chi connectivity index (χ0) is 18.4. The number of aromatic nitrogens is 3. The first kappa shape index (κ1) is 17.2. The molecule has 1 amide bonds. The first-order chi connectivity index (χ1) is 12.7. The van der Waals surface area contributed by atoms with Crippen LogP contribution in [-0.2, 0) is 11.3 Å². The fourth-order valence-electron chi connectivity index (χ4n) is 2.30. The fraction of sp³-hybridized carbons (Fsp3) is 0.158. The maximum absolute atomic E-state index is 12.2. The molecule has 7 nitrogen and oxygen atoms in total. The van der Waals surface area contributed by atoms with Gasteiger partial charge < -0.3 is 10.1 Å². The molecule has 0 fully saturated rings. The molecule has 0 saturated carbocycles. The van der Waals surface area contributed by atoms with E-state index in [1.807, 2.05) is 24.3 Å². The van der Waals surface area contributed by atoms with Crippen molar-refractivity contribution in [2.24, 2.45) is 0 Å². The van der Waals surface area contributed by atoms with E-state index in [0.29, 0.717) is 23.7 Å². The molecule has 3 aromatic rings. The van der Waals surface area contributed by atoms with E-state index >= 15 is 0 Å². The minimum absolute atomic E-state index is 0.230. The molecule has 0 unspecified atom stereocenters. The summed E-state index contributed by atoms with van der Waals surface area (Å²) in [5.74, 6) is 0.993. The Morgan fingerprint density at radius 3 is 2.81 bits per heavy atom. The van der Waals surface area contributed by atoms with Crippen LogP contribution in [0.1, 0.15) is 18.1 Å². The maximum atomic E-state index is 12.2. The fourth-order valence-corrected chi connectivity index (χ4v) is 2.30. The van der Waals surface area contributed by atoms with Crippen LogP contribution in [-0.4, -0.2) is 26.8 Å². The van der Waals surface area contributed by atoms with Crippen molar-refractivity contribution < 1.29 is 9.53 Å².